The molecular weight excluding hydrogens is 286 g/mol. The number of benzene rings is 1. The molecule has 0 bridgehead atoms. The number of amides is 1. The molecule has 0 aliphatic carbocycles. The van der Waals surface area contributed by atoms with E-state index in [2.05, 4.69) is 5.32 Å². The Morgan fingerprint density at radius 3 is 2.79 bits per heavy atom. The average molecular weight is 303 g/mol. The molecule has 0 saturated heterocycles. The van der Waals surface area contributed by atoms with Crippen LogP contribution in [0.1, 0.15) is 0 Å². The molecule has 106 valence electrons. The van der Waals surface area contributed by atoms with Crippen molar-refractivity contribution in [2.75, 3.05) is 35.9 Å². The van der Waals surface area contributed by atoms with E-state index in [0.29, 0.717) is 17.2 Å². The highest BCUT2D eigenvalue weighted by atomic mass is 32.2. The van der Waals surface area contributed by atoms with E-state index in [0.717, 1.165) is 0 Å². The van der Waals surface area contributed by atoms with Gasteiger partial charge < -0.3 is 10.1 Å². The van der Waals surface area contributed by atoms with Crippen molar-refractivity contribution >= 4 is 33.2 Å². The van der Waals surface area contributed by atoms with Gasteiger partial charge in [0.05, 0.1) is 18.6 Å². The molecule has 1 amide bonds. The van der Waals surface area contributed by atoms with Gasteiger partial charge in [-0.05, 0) is 12.1 Å². The van der Waals surface area contributed by atoms with Crippen molar-refractivity contribution in [3.63, 3.8) is 0 Å². The maximum atomic E-state index is 11.6. The summed E-state index contributed by atoms with van der Waals surface area (Å²) in [4.78, 5) is 11.6. The fourth-order valence-corrected chi connectivity index (χ4v) is 3.36. The first-order valence-electron chi connectivity index (χ1n) is 5.60. The molecule has 0 fully saturated rings. The molecule has 0 radical (unpaired) electrons. The minimum absolute atomic E-state index is 0.0874. The van der Waals surface area contributed by atoms with Gasteiger partial charge in [0.25, 0.3) is 0 Å². The summed E-state index contributed by atoms with van der Waals surface area (Å²) in [6, 6.07) is 7.06. The van der Waals surface area contributed by atoms with Crippen molar-refractivity contribution in [2.24, 2.45) is 0 Å². The van der Waals surface area contributed by atoms with Crippen LogP contribution in [0.25, 0.3) is 0 Å². The number of rotatable bonds is 7. The number of carbonyl (C=O) groups excluding carboxylic acids is 1. The van der Waals surface area contributed by atoms with Crippen molar-refractivity contribution < 1.29 is 17.9 Å². The van der Waals surface area contributed by atoms with E-state index >= 15 is 0 Å². The van der Waals surface area contributed by atoms with Crippen LogP contribution in [0.2, 0.25) is 0 Å². The third-order valence-electron chi connectivity index (χ3n) is 2.19. The van der Waals surface area contributed by atoms with Gasteiger partial charge in [0.1, 0.15) is 15.6 Å². The van der Waals surface area contributed by atoms with Gasteiger partial charge in [-0.1, -0.05) is 6.07 Å². The lowest BCUT2D eigenvalue weighted by molar-refractivity contribution is -0.113. The van der Waals surface area contributed by atoms with Gasteiger partial charge in [-0.25, -0.2) is 8.42 Å². The van der Waals surface area contributed by atoms with Gasteiger partial charge in [-0.15, -0.1) is 0 Å². The smallest absolute Gasteiger partial charge is 0.234 e. The first kappa shape index (κ1) is 15.8. The molecule has 1 N–H and O–H groups in total. The lowest BCUT2D eigenvalue weighted by Gasteiger charge is -2.06. The van der Waals surface area contributed by atoms with Crippen LogP contribution in [0.15, 0.2) is 24.3 Å². The van der Waals surface area contributed by atoms with Crippen molar-refractivity contribution in [2.45, 2.75) is 0 Å². The van der Waals surface area contributed by atoms with E-state index in [-0.39, 0.29) is 17.4 Å². The molecule has 1 aromatic rings. The van der Waals surface area contributed by atoms with Crippen molar-refractivity contribution in [1.29, 1.82) is 0 Å². The number of anilines is 1. The fourth-order valence-electron chi connectivity index (χ4n) is 1.27. The van der Waals surface area contributed by atoms with Crippen LogP contribution in [-0.2, 0) is 14.6 Å². The average Bonchev–Trinajstić information content (AvgIpc) is 2.34. The molecule has 19 heavy (non-hydrogen) atoms. The van der Waals surface area contributed by atoms with Crippen LogP contribution in [0.4, 0.5) is 5.69 Å². The van der Waals surface area contributed by atoms with Crippen LogP contribution < -0.4 is 10.1 Å². The molecule has 0 heterocycles. The number of methoxy groups -OCH3 is 1. The Hall–Kier alpha value is -1.21. The second-order valence-corrected chi connectivity index (χ2v) is 7.33. The monoisotopic (exact) mass is 303 g/mol. The van der Waals surface area contributed by atoms with Gasteiger partial charge in [-0.2, -0.15) is 11.8 Å². The van der Waals surface area contributed by atoms with Crippen LogP contribution in [0, 0.1) is 0 Å². The molecule has 1 rings (SSSR count). The Bertz CT molecular complexity index is 528. The van der Waals surface area contributed by atoms with Crippen LogP contribution in [-0.4, -0.2) is 44.9 Å². The number of hydrogen-bond acceptors (Lipinski definition) is 5. The Balaban J connectivity index is 2.34. The highest BCUT2D eigenvalue weighted by Crippen LogP contribution is 2.16. The Kier molecular flexibility index (Phi) is 6.17. The minimum Gasteiger partial charge on any atom is -0.497 e. The van der Waals surface area contributed by atoms with Crippen molar-refractivity contribution in [1.82, 2.24) is 0 Å². The lowest BCUT2D eigenvalue weighted by atomic mass is 10.3. The summed E-state index contributed by atoms with van der Waals surface area (Å²) in [5, 5.41) is 2.73. The zero-order valence-electron chi connectivity index (χ0n) is 10.9. The van der Waals surface area contributed by atoms with E-state index in [1.54, 1.807) is 31.4 Å². The first-order chi connectivity index (χ1) is 8.90. The molecule has 0 unspecified atom stereocenters. The maximum Gasteiger partial charge on any atom is 0.234 e. The summed E-state index contributed by atoms with van der Waals surface area (Å²) < 4.78 is 26.9. The molecule has 0 atom stereocenters. The molecule has 0 aromatic heterocycles. The van der Waals surface area contributed by atoms with Gasteiger partial charge in [-0.3, -0.25) is 4.79 Å². The van der Waals surface area contributed by atoms with Crippen molar-refractivity contribution in [3.05, 3.63) is 24.3 Å². The van der Waals surface area contributed by atoms with E-state index in [1.165, 1.54) is 18.0 Å². The summed E-state index contributed by atoms with van der Waals surface area (Å²) in [5.41, 5.74) is 0.660. The van der Waals surface area contributed by atoms with E-state index < -0.39 is 9.84 Å². The second kappa shape index (κ2) is 7.40. The predicted molar refractivity (Wildman–Crippen MR) is 78.7 cm³/mol. The molecule has 0 spiro atoms. The summed E-state index contributed by atoms with van der Waals surface area (Å²) in [7, 11) is -1.40. The standard InChI is InChI=1S/C12H17NO4S2/c1-17-11-5-3-4-10(8-11)13-12(14)9-18-6-7-19(2,15)16/h3-5,8H,6-7,9H2,1-2H3,(H,13,14). The summed E-state index contributed by atoms with van der Waals surface area (Å²) in [6.45, 7) is 0. The minimum atomic E-state index is -2.96. The number of ether oxygens (including phenoxy) is 1. The zero-order valence-corrected chi connectivity index (χ0v) is 12.5. The lowest BCUT2D eigenvalue weighted by Crippen LogP contribution is -2.15. The molecule has 0 aliphatic heterocycles. The number of sulfone groups is 1. The zero-order chi connectivity index (χ0) is 14.3. The molecule has 1 aromatic carbocycles. The molecule has 7 heteroatoms. The SMILES string of the molecule is COc1cccc(NC(=O)CSCCS(C)(=O)=O)c1. The Labute approximate surface area is 117 Å². The fraction of sp³-hybridized carbons (Fsp3) is 0.417. The highest BCUT2D eigenvalue weighted by molar-refractivity contribution is 8.01. The summed E-state index contributed by atoms with van der Waals surface area (Å²) >= 11 is 1.29. The molecule has 5 nitrogen and oxygen atoms in total. The summed E-state index contributed by atoms with van der Waals surface area (Å²) in [6.07, 6.45) is 1.18. The van der Waals surface area contributed by atoms with Gasteiger partial charge in [0, 0.05) is 23.8 Å². The molecule has 0 saturated carbocycles. The topological polar surface area (TPSA) is 72.5 Å². The largest absolute Gasteiger partial charge is 0.497 e. The normalized spacial score (nSPS) is 11.1. The first-order valence-corrected chi connectivity index (χ1v) is 8.81. The molecular formula is C12H17NO4S2. The van der Waals surface area contributed by atoms with Gasteiger partial charge in [0.15, 0.2) is 0 Å². The third kappa shape index (κ3) is 7.07. The number of carbonyl (C=O) groups is 1. The third-order valence-corrected chi connectivity index (χ3v) is 4.35. The van der Waals surface area contributed by atoms with E-state index in [9.17, 15) is 13.2 Å². The number of thioether (sulfide) groups is 1. The Morgan fingerprint density at radius 2 is 2.16 bits per heavy atom. The highest BCUT2D eigenvalue weighted by Gasteiger charge is 2.06. The van der Waals surface area contributed by atoms with Crippen LogP contribution in [0.3, 0.4) is 0 Å². The predicted octanol–water partition coefficient (Wildman–Crippen LogP) is 1.41. The quantitative estimate of drug-likeness (QED) is 0.771. The molecule has 0 aliphatic rings. The van der Waals surface area contributed by atoms with Crippen molar-refractivity contribution in [3.8, 4) is 5.75 Å². The van der Waals surface area contributed by atoms with E-state index in [1.807, 2.05) is 0 Å². The van der Waals surface area contributed by atoms with Gasteiger partial charge in [0.2, 0.25) is 5.91 Å². The maximum absolute atomic E-state index is 11.6. The number of hydrogen-bond donors (Lipinski definition) is 1. The Morgan fingerprint density at radius 1 is 1.42 bits per heavy atom. The number of nitrogens with one attached hydrogen (secondary N) is 1. The second-order valence-electron chi connectivity index (χ2n) is 3.96. The van der Waals surface area contributed by atoms with Gasteiger partial charge >= 0.3 is 0 Å². The van der Waals surface area contributed by atoms with Crippen LogP contribution >= 0.6 is 11.8 Å². The van der Waals surface area contributed by atoms with E-state index in [4.69, 9.17) is 4.74 Å². The van der Waals surface area contributed by atoms with Crippen LogP contribution in [0.5, 0.6) is 5.75 Å². The summed E-state index contributed by atoms with van der Waals surface area (Å²) in [5.74, 6) is 1.25.